The molecule has 6 heteroatoms. The Morgan fingerprint density at radius 1 is 1.29 bits per heavy atom. The van der Waals surface area contributed by atoms with Crippen LogP contribution in [0.2, 0.25) is 0 Å². The van der Waals surface area contributed by atoms with Crippen LogP contribution in [0.4, 0.5) is 0 Å². The molecule has 98 valence electrons. The van der Waals surface area contributed by atoms with Crippen LogP contribution in [-0.4, -0.2) is 19.2 Å². The molecular formula is C11H20N2O2S2. The second kappa shape index (κ2) is 6.47. The Balaban J connectivity index is 2.85. The molecule has 17 heavy (non-hydrogen) atoms. The number of rotatable bonds is 7. The van der Waals surface area contributed by atoms with Crippen LogP contribution >= 0.6 is 11.3 Å². The van der Waals surface area contributed by atoms with E-state index >= 15 is 0 Å². The van der Waals surface area contributed by atoms with Gasteiger partial charge in [0.2, 0.25) is 0 Å². The van der Waals surface area contributed by atoms with Crippen LogP contribution in [0.15, 0.2) is 0 Å². The third kappa shape index (κ3) is 4.37. The number of thiazole rings is 1. The molecule has 1 aromatic rings. The molecule has 0 saturated carbocycles. The highest BCUT2D eigenvalue weighted by atomic mass is 32.2. The van der Waals surface area contributed by atoms with Crippen LogP contribution in [-0.2, 0) is 28.6 Å². The Morgan fingerprint density at radius 2 is 2.00 bits per heavy atom. The molecule has 0 aliphatic carbocycles. The monoisotopic (exact) mass is 276 g/mol. The van der Waals surface area contributed by atoms with Gasteiger partial charge in [-0.15, -0.1) is 11.3 Å². The molecule has 0 saturated heterocycles. The molecule has 4 nitrogen and oxygen atoms in total. The van der Waals surface area contributed by atoms with E-state index in [2.05, 4.69) is 11.9 Å². The normalized spacial score (nSPS) is 11.9. The van der Waals surface area contributed by atoms with E-state index in [-0.39, 0.29) is 11.5 Å². The Bertz CT molecular complexity index is 452. The summed E-state index contributed by atoms with van der Waals surface area (Å²) in [6.07, 6.45) is 2.52. The lowest BCUT2D eigenvalue weighted by Crippen LogP contribution is -2.08. The number of nitrogens with two attached hydrogens (primary N) is 1. The first kappa shape index (κ1) is 14.6. The number of aryl methyl sites for hydroxylation is 1. The van der Waals surface area contributed by atoms with Crippen molar-refractivity contribution in [3.05, 3.63) is 15.6 Å². The van der Waals surface area contributed by atoms with Crippen molar-refractivity contribution in [2.75, 3.05) is 5.75 Å². The average Bonchev–Trinajstić information content (AvgIpc) is 2.59. The number of hydrogen-bond acceptors (Lipinski definition) is 5. The van der Waals surface area contributed by atoms with Crippen molar-refractivity contribution >= 4 is 21.2 Å². The van der Waals surface area contributed by atoms with Gasteiger partial charge in [-0.05, 0) is 12.8 Å². The quantitative estimate of drug-likeness (QED) is 0.825. The molecule has 1 aromatic heterocycles. The van der Waals surface area contributed by atoms with Gasteiger partial charge in [0.15, 0.2) is 9.84 Å². The highest BCUT2D eigenvalue weighted by Crippen LogP contribution is 2.21. The highest BCUT2D eigenvalue weighted by molar-refractivity contribution is 7.90. The lowest BCUT2D eigenvalue weighted by Gasteiger charge is -1.98. The topological polar surface area (TPSA) is 73.0 Å². The van der Waals surface area contributed by atoms with Crippen LogP contribution < -0.4 is 5.73 Å². The van der Waals surface area contributed by atoms with Gasteiger partial charge in [0, 0.05) is 11.4 Å². The number of sulfone groups is 1. The third-order valence-electron chi connectivity index (χ3n) is 2.35. The van der Waals surface area contributed by atoms with Crippen molar-refractivity contribution in [2.45, 2.75) is 45.4 Å². The fraction of sp³-hybridized carbons (Fsp3) is 0.727. The van der Waals surface area contributed by atoms with Crippen molar-refractivity contribution in [2.24, 2.45) is 5.73 Å². The van der Waals surface area contributed by atoms with Gasteiger partial charge in [-0.1, -0.05) is 20.3 Å². The average molecular weight is 276 g/mol. The molecule has 2 N–H and O–H groups in total. The van der Waals surface area contributed by atoms with Crippen LogP contribution in [0.1, 0.15) is 42.3 Å². The van der Waals surface area contributed by atoms with Crippen molar-refractivity contribution in [3.8, 4) is 0 Å². The van der Waals surface area contributed by atoms with Gasteiger partial charge < -0.3 is 5.73 Å². The summed E-state index contributed by atoms with van der Waals surface area (Å²) in [6.45, 7) is 4.39. The van der Waals surface area contributed by atoms with E-state index in [0.29, 0.717) is 18.0 Å². The summed E-state index contributed by atoms with van der Waals surface area (Å²) in [7, 11) is -3.00. The van der Waals surface area contributed by atoms with Crippen molar-refractivity contribution < 1.29 is 8.42 Å². The summed E-state index contributed by atoms with van der Waals surface area (Å²) in [5.74, 6) is 0.288. The lowest BCUT2D eigenvalue weighted by molar-refractivity contribution is 0.593. The van der Waals surface area contributed by atoms with E-state index in [0.717, 1.165) is 23.4 Å². The molecule has 0 fully saturated rings. The van der Waals surface area contributed by atoms with Crippen molar-refractivity contribution in [3.63, 3.8) is 0 Å². The Hall–Kier alpha value is -0.460. The molecule has 0 atom stereocenters. The van der Waals surface area contributed by atoms with Gasteiger partial charge in [0.05, 0.1) is 11.4 Å². The number of aromatic nitrogens is 1. The van der Waals surface area contributed by atoms with Crippen molar-refractivity contribution in [1.29, 1.82) is 0 Å². The van der Waals surface area contributed by atoms with Crippen LogP contribution in [0, 0.1) is 0 Å². The van der Waals surface area contributed by atoms with E-state index in [1.165, 1.54) is 11.3 Å². The molecule has 0 amide bonds. The molecule has 1 heterocycles. The van der Waals surface area contributed by atoms with E-state index in [4.69, 9.17) is 5.73 Å². The van der Waals surface area contributed by atoms with Gasteiger partial charge in [-0.3, -0.25) is 0 Å². The molecule has 0 unspecified atom stereocenters. The maximum absolute atomic E-state index is 11.7. The fourth-order valence-electron chi connectivity index (χ4n) is 1.66. The molecule has 0 bridgehead atoms. The van der Waals surface area contributed by atoms with Gasteiger partial charge in [-0.25, -0.2) is 13.4 Å². The van der Waals surface area contributed by atoms with E-state index in [1.54, 1.807) is 0 Å². The molecule has 0 aliphatic rings. The summed E-state index contributed by atoms with van der Waals surface area (Å²) in [4.78, 5) is 5.42. The Labute approximate surface area is 107 Å². The molecule has 1 rings (SSSR count). The minimum atomic E-state index is -3.00. The van der Waals surface area contributed by atoms with Crippen LogP contribution in [0.3, 0.4) is 0 Å². The second-order valence-corrected chi connectivity index (χ2v) is 7.38. The third-order valence-corrected chi connectivity index (χ3v) is 5.40. The van der Waals surface area contributed by atoms with Gasteiger partial charge in [-0.2, -0.15) is 0 Å². The highest BCUT2D eigenvalue weighted by Gasteiger charge is 2.16. The van der Waals surface area contributed by atoms with Gasteiger partial charge >= 0.3 is 0 Å². The first-order chi connectivity index (χ1) is 8.02. The number of hydrogen-bond donors (Lipinski definition) is 1. The van der Waals surface area contributed by atoms with Gasteiger partial charge in [0.25, 0.3) is 0 Å². The molecule has 0 radical (unpaired) electrons. The minimum Gasteiger partial charge on any atom is -0.326 e. The summed E-state index contributed by atoms with van der Waals surface area (Å²) < 4.78 is 23.4. The zero-order valence-corrected chi connectivity index (χ0v) is 12.0. The SMILES string of the molecule is CCCc1nc(CS(=O)(=O)CCC)sc1CN. The summed E-state index contributed by atoms with van der Waals surface area (Å²) in [5, 5.41) is 0.683. The van der Waals surface area contributed by atoms with Gasteiger partial charge in [0.1, 0.15) is 10.8 Å². The Morgan fingerprint density at radius 3 is 2.53 bits per heavy atom. The summed E-state index contributed by atoms with van der Waals surface area (Å²) in [6, 6.07) is 0. The Kier molecular flexibility index (Phi) is 5.55. The van der Waals surface area contributed by atoms with E-state index in [1.807, 2.05) is 6.92 Å². The maximum atomic E-state index is 11.7. The summed E-state index contributed by atoms with van der Waals surface area (Å²) >= 11 is 1.44. The van der Waals surface area contributed by atoms with Crippen LogP contribution in [0.5, 0.6) is 0 Å². The zero-order valence-electron chi connectivity index (χ0n) is 10.4. The first-order valence-electron chi connectivity index (χ1n) is 5.90. The van der Waals surface area contributed by atoms with Crippen molar-refractivity contribution in [1.82, 2.24) is 4.98 Å². The standard InChI is InChI=1S/C11H20N2O2S2/c1-3-5-9-10(7-12)16-11(13-9)8-17(14,15)6-4-2/h3-8,12H2,1-2H3. The van der Waals surface area contributed by atoms with E-state index < -0.39 is 9.84 Å². The minimum absolute atomic E-state index is 0.0578. The zero-order chi connectivity index (χ0) is 12.9. The predicted molar refractivity (Wildman–Crippen MR) is 71.8 cm³/mol. The molecular weight excluding hydrogens is 256 g/mol. The largest absolute Gasteiger partial charge is 0.326 e. The van der Waals surface area contributed by atoms with Crippen LogP contribution in [0.25, 0.3) is 0 Å². The second-order valence-electron chi connectivity index (χ2n) is 4.02. The molecule has 0 aliphatic heterocycles. The van der Waals surface area contributed by atoms with E-state index in [9.17, 15) is 8.42 Å². The molecule has 0 spiro atoms. The smallest absolute Gasteiger partial charge is 0.156 e. The maximum Gasteiger partial charge on any atom is 0.156 e. The number of nitrogens with zero attached hydrogens (tertiary/aromatic N) is 1. The molecule has 0 aromatic carbocycles. The first-order valence-corrected chi connectivity index (χ1v) is 8.54. The lowest BCUT2D eigenvalue weighted by atomic mass is 10.2. The summed E-state index contributed by atoms with van der Waals surface area (Å²) in [5.41, 5.74) is 6.61. The fourth-order valence-corrected chi connectivity index (χ4v) is 4.43. The predicted octanol–water partition coefficient (Wildman–Crippen LogP) is 1.88.